The van der Waals surface area contributed by atoms with Crippen LogP contribution >= 0.6 is 22.9 Å². The van der Waals surface area contributed by atoms with Crippen molar-refractivity contribution in [3.8, 4) is 10.6 Å². The van der Waals surface area contributed by atoms with E-state index in [2.05, 4.69) is 21.4 Å². The van der Waals surface area contributed by atoms with Crippen LogP contribution in [0.4, 0.5) is 11.4 Å². The highest BCUT2D eigenvalue weighted by Gasteiger charge is 2.05. The summed E-state index contributed by atoms with van der Waals surface area (Å²) < 4.78 is 1.20. The number of hydrogen-bond donors (Lipinski definition) is 1. The minimum Gasteiger partial charge on any atom is -0.346 e. The second-order valence-electron chi connectivity index (χ2n) is 5.45. The molecule has 3 aromatic carbocycles. The number of halogens is 1. The molecule has 1 N–H and O–H groups in total. The molecule has 0 aliphatic heterocycles. The van der Waals surface area contributed by atoms with E-state index < -0.39 is 0 Å². The van der Waals surface area contributed by atoms with E-state index in [0.29, 0.717) is 5.02 Å². The molecule has 4 rings (SSSR count). The SMILES string of the molecule is Clc1cccc(NC=Nc2ccc(-c3nc4ccccc4s3)cc2)c1. The minimum atomic E-state index is 0.693. The smallest absolute Gasteiger partial charge is 0.124 e. The van der Waals surface area contributed by atoms with Crippen LogP contribution in [0.1, 0.15) is 0 Å². The second kappa shape index (κ2) is 7.05. The summed E-state index contributed by atoms with van der Waals surface area (Å²) in [5.41, 5.74) is 3.92. The van der Waals surface area contributed by atoms with Crippen LogP contribution in [-0.2, 0) is 0 Å². The van der Waals surface area contributed by atoms with Gasteiger partial charge in [-0.3, -0.25) is 0 Å². The lowest BCUT2D eigenvalue weighted by molar-refractivity contribution is 1.46. The first-order valence-corrected chi connectivity index (χ1v) is 8.98. The number of thiazole rings is 1. The molecule has 5 heteroatoms. The summed E-state index contributed by atoms with van der Waals surface area (Å²) >= 11 is 7.65. The van der Waals surface area contributed by atoms with Gasteiger partial charge >= 0.3 is 0 Å². The highest BCUT2D eigenvalue weighted by molar-refractivity contribution is 7.21. The number of nitrogens with one attached hydrogen (secondary N) is 1. The van der Waals surface area contributed by atoms with Crippen LogP contribution in [0.5, 0.6) is 0 Å². The van der Waals surface area contributed by atoms with Gasteiger partial charge in [0.25, 0.3) is 0 Å². The number of benzene rings is 3. The van der Waals surface area contributed by atoms with Crippen molar-refractivity contribution in [1.82, 2.24) is 4.98 Å². The zero-order valence-corrected chi connectivity index (χ0v) is 14.8. The number of anilines is 1. The Balaban J connectivity index is 1.49. The maximum absolute atomic E-state index is 5.96. The standard InChI is InChI=1S/C20H14ClN3S/c21-15-4-3-5-17(12-15)23-13-22-16-10-8-14(9-11-16)20-24-18-6-1-2-7-19(18)25-20/h1-13H,(H,22,23). The Hall–Kier alpha value is -2.69. The van der Waals surface area contributed by atoms with Gasteiger partial charge in [-0.25, -0.2) is 9.98 Å². The van der Waals surface area contributed by atoms with Crippen LogP contribution in [0.25, 0.3) is 20.8 Å². The fourth-order valence-corrected chi connectivity index (χ4v) is 3.61. The van der Waals surface area contributed by atoms with Crippen molar-refractivity contribution >= 4 is 50.9 Å². The van der Waals surface area contributed by atoms with E-state index in [1.807, 2.05) is 66.7 Å². The monoisotopic (exact) mass is 363 g/mol. The van der Waals surface area contributed by atoms with Crippen LogP contribution in [0.3, 0.4) is 0 Å². The van der Waals surface area contributed by atoms with Crippen molar-refractivity contribution in [1.29, 1.82) is 0 Å². The molecule has 0 bridgehead atoms. The lowest BCUT2D eigenvalue weighted by Gasteiger charge is -2.01. The molecule has 25 heavy (non-hydrogen) atoms. The number of rotatable bonds is 4. The number of para-hydroxylation sites is 1. The molecule has 0 unspecified atom stereocenters. The Morgan fingerprint density at radius 3 is 2.60 bits per heavy atom. The summed E-state index contributed by atoms with van der Waals surface area (Å²) in [4.78, 5) is 9.09. The molecule has 0 fully saturated rings. The number of hydrogen-bond acceptors (Lipinski definition) is 3. The lowest BCUT2D eigenvalue weighted by atomic mass is 10.2. The molecule has 1 aromatic heterocycles. The van der Waals surface area contributed by atoms with Crippen LogP contribution in [0.15, 0.2) is 77.8 Å². The summed E-state index contributed by atoms with van der Waals surface area (Å²) in [6, 6.07) is 23.8. The summed E-state index contributed by atoms with van der Waals surface area (Å²) in [5, 5.41) is 4.83. The third-order valence-corrected chi connectivity index (χ3v) is 5.00. The van der Waals surface area contributed by atoms with E-state index in [9.17, 15) is 0 Å². The largest absolute Gasteiger partial charge is 0.346 e. The van der Waals surface area contributed by atoms with Crippen molar-refractivity contribution < 1.29 is 0 Å². The lowest BCUT2D eigenvalue weighted by Crippen LogP contribution is -1.93. The molecule has 0 aliphatic rings. The average molecular weight is 364 g/mol. The molecule has 0 spiro atoms. The Morgan fingerprint density at radius 2 is 1.80 bits per heavy atom. The fraction of sp³-hybridized carbons (Fsp3) is 0. The normalized spacial score (nSPS) is 11.2. The van der Waals surface area contributed by atoms with E-state index in [1.165, 1.54) is 4.70 Å². The first-order chi connectivity index (χ1) is 12.3. The molecular weight excluding hydrogens is 350 g/mol. The van der Waals surface area contributed by atoms with Gasteiger partial charge in [0.05, 0.1) is 22.2 Å². The molecule has 0 saturated heterocycles. The van der Waals surface area contributed by atoms with Crippen LogP contribution in [-0.4, -0.2) is 11.3 Å². The van der Waals surface area contributed by atoms with Crippen LogP contribution in [0, 0.1) is 0 Å². The minimum absolute atomic E-state index is 0.693. The van der Waals surface area contributed by atoms with Gasteiger partial charge in [0.15, 0.2) is 0 Å². The van der Waals surface area contributed by atoms with Crippen molar-refractivity contribution in [2.45, 2.75) is 0 Å². The third kappa shape index (κ3) is 3.71. The maximum atomic E-state index is 5.96. The van der Waals surface area contributed by atoms with Gasteiger partial charge in [-0.1, -0.05) is 29.8 Å². The second-order valence-corrected chi connectivity index (χ2v) is 6.91. The van der Waals surface area contributed by atoms with Gasteiger partial charge < -0.3 is 5.32 Å². The molecule has 0 saturated carbocycles. The third-order valence-electron chi connectivity index (χ3n) is 3.68. The zero-order valence-electron chi connectivity index (χ0n) is 13.2. The molecule has 0 aliphatic carbocycles. The molecule has 122 valence electrons. The Bertz CT molecular complexity index is 1010. The predicted molar refractivity (Wildman–Crippen MR) is 108 cm³/mol. The highest BCUT2D eigenvalue weighted by Crippen LogP contribution is 2.30. The first-order valence-electron chi connectivity index (χ1n) is 7.79. The highest BCUT2D eigenvalue weighted by atomic mass is 35.5. The summed E-state index contributed by atoms with van der Waals surface area (Å²) in [7, 11) is 0. The fourth-order valence-electron chi connectivity index (χ4n) is 2.45. The van der Waals surface area contributed by atoms with E-state index in [-0.39, 0.29) is 0 Å². The van der Waals surface area contributed by atoms with E-state index in [4.69, 9.17) is 11.6 Å². The molecule has 0 amide bonds. The van der Waals surface area contributed by atoms with Gasteiger partial charge in [0.2, 0.25) is 0 Å². The topological polar surface area (TPSA) is 37.3 Å². The van der Waals surface area contributed by atoms with Crippen molar-refractivity contribution in [2.75, 3.05) is 5.32 Å². The maximum Gasteiger partial charge on any atom is 0.124 e. The van der Waals surface area contributed by atoms with Crippen molar-refractivity contribution in [3.63, 3.8) is 0 Å². The van der Waals surface area contributed by atoms with Crippen molar-refractivity contribution in [3.05, 3.63) is 77.8 Å². The first kappa shape index (κ1) is 15.8. The van der Waals surface area contributed by atoms with Gasteiger partial charge in [-0.05, 0) is 54.6 Å². The van der Waals surface area contributed by atoms with Crippen LogP contribution < -0.4 is 5.32 Å². The van der Waals surface area contributed by atoms with Gasteiger partial charge in [0, 0.05) is 16.3 Å². The van der Waals surface area contributed by atoms with E-state index in [1.54, 1.807) is 17.7 Å². The molecule has 1 heterocycles. The summed E-state index contributed by atoms with van der Waals surface area (Å²) in [6.07, 6.45) is 1.67. The molecule has 0 radical (unpaired) electrons. The zero-order chi connectivity index (χ0) is 17.1. The molecular formula is C20H14ClN3S. The van der Waals surface area contributed by atoms with Crippen molar-refractivity contribution in [2.24, 2.45) is 4.99 Å². The number of aliphatic imine (C=N–C) groups is 1. The number of fused-ring (bicyclic) bond motifs is 1. The van der Waals surface area contributed by atoms with E-state index >= 15 is 0 Å². The summed E-state index contributed by atoms with van der Waals surface area (Å²) in [6.45, 7) is 0. The van der Waals surface area contributed by atoms with Gasteiger partial charge in [0.1, 0.15) is 5.01 Å². The molecule has 4 aromatic rings. The summed E-state index contributed by atoms with van der Waals surface area (Å²) in [5.74, 6) is 0. The Labute approximate surface area is 154 Å². The molecule has 3 nitrogen and oxygen atoms in total. The van der Waals surface area contributed by atoms with Crippen LogP contribution in [0.2, 0.25) is 5.02 Å². The average Bonchev–Trinajstić information content (AvgIpc) is 3.06. The Morgan fingerprint density at radius 1 is 0.960 bits per heavy atom. The number of nitrogens with zero attached hydrogens (tertiary/aromatic N) is 2. The van der Waals surface area contributed by atoms with Gasteiger partial charge in [-0.2, -0.15) is 0 Å². The van der Waals surface area contributed by atoms with E-state index in [0.717, 1.165) is 27.5 Å². The predicted octanol–water partition coefficient (Wildman–Crippen LogP) is 6.39. The number of aromatic nitrogens is 1. The quantitative estimate of drug-likeness (QED) is 0.337. The Kier molecular flexibility index (Phi) is 4.46. The molecule has 0 atom stereocenters. The van der Waals surface area contributed by atoms with Gasteiger partial charge in [-0.15, -0.1) is 11.3 Å².